The molecule has 2 N–H and O–H groups in total. The van der Waals surface area contributed by atoms with E-state index >= 15 is 0 Å². The van der Waals surface area contributed by atoms with Crippen molar-refractivity contribution >= 4 is 33.5 Å². The molecular formula is C27H17NO6. The van der Waals surface area contributed by atoms with Gasteiger partial charge in [0.1, 0.15) is 11.5 Å². The van der Waals surface area contributed by atoms with Crippen molar-refractivity contribution in [2.75, 3.05) is 0 Å². The highest BCUT2D eigenvalue weighted by Gasteiger charge is 2.15. The van der Waals surface area contributed by atoms with Gasteiger partial charge in [0.25, 0.3) is 0 Å². The van der Waals surface area contributed by atoms with E-state index < -0.39 is 11.9 Å². The van der Waals surface area contributed by atoms with E-state index in [9.17, 15) is 19.8 Å². The molecule has 0 radical (unpaired) electrons. The van der Waals surface area contributed by atoms with Gasteiger partial charge in [-0.05, 0) is 35.0 Å². The number of ether oxygens (including phenoxy) is 2. The molecule has 34 heavy (non-hydrogen) atoms. The van der Waals surface area contributed by atoms with Crippen molar-refractivity contribution in [3.8, 4) is 23.3 Å². The zero-order valence-electron chi connectivity index (χ0n) is 17.6. The number of pyridine rings is 1. The lowest BCUT2D eigenvalue weighted by Crippen LogP contribution is -1.99. The number of aromatic nitrogens is 1. The first-order chi connectivity index (χ1) is 16.5. The lowest BCUT2D eigenvalue weighted by Gasteiger charge is -2.12. The number of nitrogens with zero attached hydrogens (tertiary/aromatic N) is 1. The lowest BCUT2D eigenvalue weighted by atomic mass is 10.0. The van der Waals surface area contributed by atoms with Crippen molar-refractivity contribution in [3.63, 3.8) is 0 Å². The van der Waals surface area contributed by atoms with Crippen molar-refractivity contribution in [2.45, 2.75) is 0 Å². The predicted molar refractivity (Wildman–Crippen MR) is 126 cm³/mol. The summed E-state index contributed by atoms with van der Waals surface area (Å²) >= 11 is 0. The molecule has 0 saturated heterocycles. The van der Waals surface area contributed by atoms with E-state index in [-0.39, 0.29) is 22.9 Å². The summed E-state index contributed by atoms with van der Waals surface area (Å²) in [4.78, 5) is 27.5. The first-order valence-corrected chi connectivity index (χ1v) is 10.3. The predicted octanol–water partition coefficient (Wildman–Crippen LogP) is 6.37. The molecule has 5 rings (SSSR count). The van der Waals surface area contributed by atoms with Crippen molar-refractivity contribution in [3.05, 3.63) is 102 Å². The molecule has 0 saturated carbocycles. The molecule has 0 aliphatic carbocycles. The largest absolute Gasteiger partial charge is 0.478 e. The highest BCUT2D eigenvalue weighted by molar-refractivity contribution is 6.06. The molecule has 0 aliphatic rings. The van der Waals surface area contributed by atoms with Crippen molar-refractivity contribution in [1.29, 1.82) is 0 Å². The SMILES string of the molecule is O=C(O)c1ccc(Oc2cccc(Oc3ccc(C(=O)O)c4ccccc34)n2)c2ccccc12. The zero-order chi connectivity index (χ0) is 23.7. The lowest BCUT2D eigenvalue weighted by molar-refractivity contribution is 0.0688. The van der Waals surface area contributed by atoms with Crippen molar-refractivity contribution < 1.29 is 29.3 Å². The van der Waals surface area contributed by atoms with E-state index in [1.165, 1.54) is 12.1 Å². The molecule has 0 atom stereocenters. The maximum Gasteiger partial charge on any atom is 0.336 e. The Labute approximate surface area is 193 Å². The second-order valence-electron chi connectivity index (χ2n) is 7.44. The van der Waals surface area contributed by atoms with Gasteiger partial charge in [0, 0.05) is 22.9 Å². The summed E-state index contributed by atoms with van der Waals surface area (Å²) in [5.74, 6) is -0.591. The number of hydrogen-bond acceptors (Lipinski definition) is 5. The molecule has 0 fully saturated rings. The number of rotatable bonds is 6. The minimum Gasteiger partial charge on any atom is -0.478 e. The van der Waals surface area contributed by atoms with Crippen LogP contribution < -0.4 is 9.47 Å². The molecule has 5 aromatic rings. The molecule has 0 aliphatic heterocycles. The Kier molecular flexibility index (Phi) is 5.27. The van der Waals surface area contributed by atoms with Crippen molar-refractivity contribution in [2.24, 2.45) is 0 Å². The molecular weight excluding hydrogens is 434 g/mol. The summed E-state index contributed by atoms with van der Waals surface area (Å²) in [7, 11) is 0. The fourth-order valence-corrected chi connectivity index (χ4v) is 3.83. The molecule has 7 heteroatoms. The highest BCUT2D eigenvalue weighted by atomic mass is 16.5. The monoisotopic (exact) mass is 451 g/mol. The van der Waals surface area contributed by atoms with Crippen LogP contribution in [0.2, 0.25) is 0 Å². The third-order valence-corrected chi connectivity index (χ3v) is 5.36. The summed E-state index contributed by atoms with van der Waals surface area (Å²) in [5.41, 5.74) is 0.370. The molecule has 4 aromatic carbocycles. The van der Waals surface area contributed by atoms with Gasteiger partial charge in [0.05, 0.1) is 11.1 Å². The van der Waals surface area contributed by atoms with Gasteiger partial charge in [0.2, 0.25) is 11.8 Å². The minimum absolute atomic E-state index is 0.185. The third kappa shape index (κ3) is 3.86. The van der Waals surface area contributed by atoms with Gasteiger partial charge < -0.3 is 19.7 Å². The maximum atomic E-state index is 11.6. The Balaban J connectivity index is 1.48. The summed E-state index contributed by atoms with van der Waals surface area (Å²) in [6, 6.07) is 25.4. The molecule has 1 heterocycles. The Morgan fingerprint density at radius 2 is 0.941 bits per heavy atom. The first kappa shape index (κ1) is 21.0. The highest BCUT2D eigenvalue weighted by Crippen LogP contribution is 2.34. The van der Waals surface area contributed by atoms with E-state index in [0.29, 0.717) is 33.0 Å². The van der Waals surface area contributed by atoms with Crippen LogP contribution in [0.25, 0.3) is 21.5 Å². The van der Waals surface area contributed by atoms with E-state index in [1.807, 2.05) is 0 Å². The summed E-state index contributed by atoms with van der Waals surface area (Å²) in [6.07, 6.45) is 0. The molecule has 0 amide bonds. The smallest absolute Gasteiger partial charge is 0.336 e. The van der Waals surface area contributed by atoms with Crippen LogP contribution in [0.1, 0.15) is 20.7 Å². The van der Waals surface area contributed by atoms with Crippen LogP contribution >= 0.6 is 0 Å². The van der Waals surface area contributed by atoms with E-state index in [0.717, 1.165) is 0 Å². The number of carboxylic acid groups (broad SMARTS) is 2. The topological polar surface area (TPSA) is 106 Å². The minimum atomic E-state index is -1.02. The quantitative estimate of drug-likeness (QED) is 0.309. The van der Waals surface area contributed by atoms with Gasteiger partial charge in [-0.25, -0.2) is 9.59 Å². The van der Waals surface area contributed by atoms with Crippen molar-refractivity contribution in [1.82, 2.24) is 4.98 Å². The average molecular weight is 451 g/mol. The summed E-state index contributed by atoms with van der Waals surface area (Å²) in [6.45, 7) is 0. The van der Waals surface area contributed by atoms with Crippen LogP contribution in [-0.4, -0.2) is 27.1 Å². The molecule has 0 spiro atoms. The van der Waals surface area contributed by atoms with E-state index in [2.05, 4.69) is 4.98 Å². The Bertz CT molecular complexity index is 1460. The second kappa shape index (κ2) is 8.55. The number of carboxylic acids is 2. The van der Waals surface area contributed by atoms with E-state index in [1.54, 1.807) is 78.9 Å². The van der Waals surface area contributed by atoms with E-state index in [4.69, 9.17) is 9.47 Å². The normalized spacial score (nSPS) is 10.8. The van der Waals surface area contributed by atoms with Crippen LogP contribution in [0.15, 0.2) is 91.0 Å². The van der Waals surface area contributed by atoms with Crippen LogP contribution in [-0.2, 0) is 0 Å². The number of carbonyl (C=O) groups is 2. The zero-order valence-corrected chi connectivity index (χ0v) is 17.6. The Hall–Kier alpha value is -4.91. The summed E-state index contributed by atoms with van der Waals surface area (Å²) in [5, 5.41) is 21.3. The standard InChI is InChI=1S/C27H17NO6/c29-26(30)20-12-14-22(18-8-3-1-6-16(18)20)33-24-10-5-11-25(28-24)34-23-15-13-21(27(31)32)17-7-2-4-9-19(17)23/h1-15H,(H,29,30)(H,31,32). The van der Waals surface area contributed by atoms with Crippen LogP contribution in [0.5, 0.6) is 23.3 Å². The van der Waals surface area contributed by atoms with Gasteiger partial charge in [-0.15, -0.1) is 0 Å². The molecule has 1 aromatic heterocycles. The number of fused-ring (bicyclic) bond motifs is 2. The molecule has 0 unspecified atom stereocenters. The maximum absolute atomic E-state index is 11.6. The van der Waals surface area contributed by atoms with Gasteiger partial charge in [0.15, 0.2) is 0 Å². The average Bonchev–Trinajstić information content (AvgIpc) is 2.84. The molecule has 0 bridgehead atoms. The summed E-state index contributed by atoms with van der Waals surface area (Å²) < 4.78 is 12.0. The molecule has 7 nitrogen and oxygen atoms in total. The number of hydrogen-bond donors (Lipinski definition) is 2. The number of aromatic carboxylic acids is 2. The van der Waals surface area contributed by atoms with Crippen LogP contribution in [0, 0.1) is 0 Å². The van der Waals surface area contributed by atoms with Crippen LogP contribution in [0.3, 0.4) is 0 Å². The third-order valence-electron chi connectivity index (χ3n) is 5.36. The fourth-order valence-electron chi connectivity index (χ4n) is 3.83. The van der Waals surface area contributed by atoms with Gasteiger partial charge in [-0.2, -0.15) is 4.98 Å². The van der Waals surface area contributed by atoms with Gasteiger partial charge in [-0.1, -0.05) is 54.6 Å². The Morgan fingerprint density at radius 3 is 1.35 bits per heavy atom. The Morgan fingerprint density at radius 1 is 0.529 bits per heavy atom. The first-order valence-electron chi connectivity index (χ1n) is 10.3. The van der Waals surface area contributed by atoms with Gasteiger partial charge in [-0.3, -0.25) is 0 Å². The second-order valence-corrected chi connectivity index (χ2v) is 7.44. The number of benzene rings is 4. The fraction of sp³-hybridized carbons (Fsp3) is 0. The van der Waals surface area contributed by atoms with Gasteiger partial charge >= 0.3 is 11.9 Å². The van der Waals surface area contributed by atoms with Crippen LogP contribution in [0.4, 0.5) is 0 Å². The molecule has 166 valence electrons.